The van der Waals surface area contributed by atoms with Crippen LogP contribution in [0, 0.1) is 0 Å². The predicted octanol–water partition coefficient (Wildman–Crippen LogP) is 32.5. The summed E-state index contributed by atoms with van der Waals surface area (Å²) in [6.45, 7) is 0. The van der Waals surface area contributed by atoms with Gasteiger partial charge in [0.15, 0.2) is 23.3 Å². The van der Waals surface area contributed by atoms with Crippen LogP contribution in [-0.2, 0) is 0 Å². The average molecular weight is 1850 g/mol. The molecule has 0 N–H and O–H groups in total. The molecule has 0 spiro atoms. The van der Waals surface area contributed by atoms with Crippen LogP contribution in [0.4, 0.5) is 52.5 Å². The molecule has 0 atom stereocenters. The second kappa shape index (κ2) is 36.6. The standard InChI is InChI=1S/C46H30N6.C43H29N3.C40H26N6/c1-3-13-31(14-4-1)33-23-27-35(28-24-33)43-48-44(36-29-25-34(26-30-36)32-15-5-2-6-16-32)50-45(49-43)52-41-21-11-8-18-38(41)37-17-7-10-20-40(37)51-42-22-12-9-19-39(42)47-46(51)52;1-3-14-30(15-4-1)32-18-13-19-33(26-32)35-27-34(31-16-5-2-6-17-31)28-36(29-35)45-40-23-10-7-20-37(40)38-21-8-11-24-41(38)46-42-25-12-9-22-39(42)44-43(45)46;1-3-13-27(14-4-1)28-23-25-30(26-24-28)38-42-37(29-15-5-2-6-16-29)43-39(44-38)46-35-21-11-8-18-32(35)31-17-7-10-20-34(31)45-36-22-12-9-19-33(36)41-40(45)46/h1-30H;1-29H;1-26H. The molecule has 0 saturated carbocycles. The smallest absolute Gasteiger partial charge is 0.241 e. The lowest BCUT2D eigenvalue weighted by Crippen LogP contribution is -2.18. The van der Waals surface area contributed by atoms with E-state index < -0.39 is 0 Å². The molecule has 0 bridgehead atoms. The molecule has 0 unspecified atom stereocenters. The summed E-state index contributed by atoms with van der Waals surface area (Å²) in [7, 11) is 0. The highest BCUT2D eigenvalue weighted by Crippen LogP contribution is 2.53. The van der Waals surface area contributed by atoms with Crippen molar-refractivity contribution in [3.63, 3.8) is 0 Å². The summed E-state index contributed by atoms with van der Waals surface area (Å²) in [5, 5.41) is 0. The van der Waals surface area contributed by atoms with Crippen LogP contribution in [0.25, 0.3) is 196 Å². The van der Waals surface area contributed by atoms with E-state index >= 15 is 0 Å². The maximum atomic E-state index is 5.32. The molecule has 0 saturated heterocycles. The van der Waals surface area contributed by atoms with E-state index in [1.54, 1.807) is 0 Å². The lowest BCUT2D eigenvalue weighted by Gasteiger charge is -2.26. The number of para-hydroxylation sites is 12. The Morgan fingerprint density at radius 2 is 0.340 bits per heavy atom. The lowest BCUT2D eigenvalue weighted by molar-refractivity contribution is 0.973. The number of hydrogen-bond donors (Lipinski definition) is 0. The van der Waals surface area contributed by atoms with Crippen molar-refractivity contribution in [3.8, 4) is 163 Å². The van der Waals surface area contributed by atoms with Crippen molar-refractivity contribution in [1.82, 2.24) is 58.6 Å². The third-order valence-electron chi connectivity index (χ3n) is 27.0. The van der Waals surface area contributed by atoms with Gasteiger partial charge in [0.1, 0.15) is 0 Å². The van der Waals surface area contributed by atoms with Crippen LogP contribution >= 0.6 is 0 Å². The second-order valence-corrected chi connectivity index (χ2v) is 35.7. The third kappa shape index (κ3) is 15.6. The lowest BCUT2D eigenvalue weighted by atomic mass is 9.95. The Labute approximate surface area is 831 Å². The number of hydrogen-bond acceptors (Lipinski definition) is 12. The first kappa shape index (κ1) is 84.7. The number of anilines is 9. The molecule has 28 rings (SSSR count). The molecule has 25 aromatic rings. The minimum absolute atomic E-state index is 0.482. The molecule has 0 aliphatic carbocycles. The highest BCUT2D eigenvalue weighted by molar-refractivity contribution is 6.01. The van der Waals surface area contributed by atoms with Crippen LogP contribution in [0.2, 0.25) is 0 Å². The maximum absolute atomic E-state index is 5.32. The van der Waals surface area contributed by atoms with Gasteiger partial charge in [0.05, 0.1) is 72.9 Å². The first-order chi connectivity index (χ1) is 71.4. The zero-order chi connectivity index (χ0) is 95.3. The van der Waals surface area contributed by atoms with Crippen molar-refractivity contribution in [2.24, 2.45) is 0 Å². The summed E-state index contributed by atoms with van der Waals surface area (Å²) in [5.41, 5.74) is 37.3. The maximum Gasteiger partial charge on any atom is 0.241 e. The molecule has 0 radical (unpaired) electrons. The molecule has 8 heterocycles. The number of imidazole rings is 3. The van der Waals surface area contributed by atoms with E-state index in [9.17, 15) is 0 Å². The molecule has 20 aromatic carbocycles. The normalized spacial score (nSPS) is 11.8. The topological polar surface area (TPSA) is 141 Å². The number of nitrogens with zero attached hydrogens (tertiary/aromatic N) is 15. The van der Waals surface area contributed by atoms with E-state index in [2.05, 4.69) is 477 Å². The van der Waals surface area contributed by atoms with Gasteiger partial charge in [-0.05, 0) is 164 Å². The molecule has 144 heavy (non-hydrogen) atoms. The van der Waals surface area contributed by atoms with Gasteiger partial charge in [-0.2, -0.15) is 19.9 Å². The van der Waals surface area contributed by atoms with Gasteiger partial charge >= 0.3 is 0 Å². The Morgan fingerprint density at radius 1 is 0.132 bits per heavy atom. The van der Waals surface area contributed by atoms with Gasteiger partial charge in [-0.3, -0.25) is 18.6 Å². The number of rotatable bonds is 13. The van der Waals surface area contributed by atoms with Crippen LogP contribution in [0.5, 0.6) is 0 Å². The van der Waals surface area contributed by atoms with Crippen molar-refractivity contribution >= 4 is 85.6 Å². The molecular formula is C129H85N15. The highest BCUT2D eigenvalue weighted by Gasteiger charge is 2.36. The van der Waals surface area contributed by atoms with E-state index in [0.717, 1.165) is 168 Å². The first-order valence-corrected chi connectivity index (χ1v) is 48.2. The summed E-state index contributed by atoms with van der Waals surface area (Å²) in [6, 6.07) is 179. The minimum atomic E-state index is 0.482. The molecule has 3 aliphatic heterocycles. The monoisotopic (exact) mass is 1840 g/mol. The van der Waals surface area contributed by atoms with E-state index in [-0.39, 0.29) is 0 Å². The van der Waals surface area contributed by atoms with Gasteiger partial charge in [0.2, 0.25) is 29.7 Å². The van der Waals surface area contributed by atoms with Gasteiger partial charge in [-0.1, -0.05) is 419 Å². The Bertz CT molecular complexity index is 9030. The summed E-state index contributed by atoms with van der Waals surface area (Å²) < 4.78 is 6.75. The minimum Gasteiger partial charge on any atom is -0.280 e. The molecular weight excluding hydrogens is 1760 g/mol. The van der Waals surface area contributed by atoms with E-state index in [1.807, 2.05) is 66.7 Å². The van der Waals surface area contributed by atoms with Crippen LogP contribution in [0.15, 0.2) is 516 Å². The van der Waals surface area contributed by atoms with E-state index in [0.29, 0.717) is 47.1 Å². The Morgan fingerprint density at radius 3 is 0.674 bits per heavy atom. The second-order valence-electron chi connectivity index (χ2n) is 35.7. The fourth-order valence-corrected chi connectivity index (χ4v) is 20.1. The molecule has 0 amide bonds. The largest absolute Gasteiger partial charge is 0.280 e. The summed E-state index contributed by atoms with van der Waals surface area (Å²) in [4.78, 5) is 53.2. The Kier molecular flexibility index (Phi) is 21.5. The predicted molar refractivity (Wildman–Crippen MR) is 585 cm³/mol. The Hall–Kier alpha value is -19.8. The van der Waals surface area contributed by atoms with Crippen molar-refractivity contribution in [2.45, 2.75) is 0 Å². The molecule has 676 valence electrons. The van der Waals surface area contributed by atoms with Crippen molar-refractivity contribution in [1.29, 1.82) is 0 Å². The van der Waals surface area contributed by atoms with Crippen LogP contribution < -0.4 is 14.7 Å². The third-order valence-corrected chi connectivity index (χ3v) is 27.0. The average Bonchev–Trinajstić information content (AvgIpc) is 1.58. The SMILES string of the molecule is c1ccc(-c2ccc(-c3nc(-c4ccc(-c5ccccc5)cc4)nc(N4c5ccccc5-c5ccccc5-n5c4nc4ccccc45)n3)cc2)cc1.c1ccc(-c2ccc(-c3nc(-c4ccccc4)nc(N4c5ccccc5-c5ccccc5-n5c4nc4ccccc45)n3)cc2)cc1.c1ccc(-c2cccc(-c3cc(-c4ccccc4)cc(N4c5ccccc5-c5ccccc5-n5c4nc4ccccc45)c3)c2)cc1. The zero-order valence-corrected chi connectivity index (χ0v) is 77.8. The zero-order valence-electron chi connectivity index (χ0n) is 77.8. The van der Waals surface area contributed by atoms with Gasteiger partial charge in [-0.25, -0.2) is 34.7 Å². The number of benzene rings is 20. The number of aromatic nitrogens is 12. The van der Waals surface area contributed by atoms with Gasteiger partial charge in [0, 0.05) is 55.6 Å². The van der Waals surface area contributed by atoms with E-state index in [4.69, 9.17) is 44.9 Å². The molecule has 0 fully saturated rings. The van der Waals surface area contributed by atoms with Crippen molar-refractivity contribution in [3.05, 3.63) is 516 Å². The van der Waals surface area contributed by atoms with Crippen molar-refractivity contribution < 1.29 is 0 Å². The van der Waals surface area contributed by atoms with E-state index in [1.165, 1.54) is 33.4 Å². The Balaban J connectivity index is 0.000000110. The van der Waals surface area contributed by atoms with Crippen LogP contribution in [0.1, 0.15) is 0 Å². The fourth-order valence-electron chi connectivity index (χ4n) is 20.1. The molecule has 15 heteroatoms. The summed E-state index contributed by atoms with van der Waals surface area (Å²) >= 11 is 0. The number of fused-ring (bicyclic) bond motifs is 21. The van der Waals surface area contributed by atoms with Gasteiger partial charge < -0.3 is 0 Å². The fraction of sp³-hybridized carbons (Fsp3) is 0. The van der Waals surface area contributed by atoms with Crippen LogP contribution in [-0.4, -0.2) is 58.6 Å². The van der Waals surface area contributed by atoms with Crippen molar-refractivity contribution in [2.75, 3.05) is 14.7 Å². The van der Waals surface area contributed by atoms with Gasteiger partial charge in [-0.15, -0.1) is 0 Å². The quantitative estimate of drug-likeness (QED) is 0.108. The molecule has 15 nitrogen and oxygen atoms in total. The first-order valence-electron chi connectivity index (χ1n) is 48.2. The summed E-state index contributed by atoms with van der Waals surface area (Å²) in [5.74, 6) is 5.61. The summed E-state index contributed by atoms with van der Waals surface area (Å²) in [6.07, 6.45) is 0. The highest BCUT2D eigenvalue weighted by atomic mass is 15.4. The molecule has 5 aromatic heterocycles. The van der Waals surface area contributed by atoms with Gasteiger partial charge in [0.25, 0.3) is 0 Å². The molecule has 3 aliphatic rings. The van der Waals surface area contributed by atoms with Crippen LogP contribution in [0.3, 0.4) is 0 Å².